The van der Waals surface area contributed by atoms with Crippen LogP contribution in [0.4, 0.5) is 10.8 Å². The molecule has 212 valence electrons. The fourth-order valence-electron chi connectivity index (χ4n) is 5.03. The van der Waals surface area contributed by atoms with Crippen molar-refractivity contribution in [2.45, 2.75) is 26.3 Å². The number of carbonyl (C=O) groups is 3. The van der Waals surface area contributed by atoms with Gasteiger partial charge in [-0.2, -0.15) is 0 Å². The number of methoxy groups -OCH3 is 1. The lowest BCUT2D eigenvalue weighted by Crippen LogP contribution is -2.34. The summed E-state index contributed by atoms with van der Waals surface area (Å²) in [5.41, 5.74) is 3.27. The van der Waals surface area contributed by atoms with Gasteiger partial charge in [0, 0.05) is 48.8 Å². The van der Waals surface area contributed by atoms with Crippen molar-refractivity contribution in [3.8, 4) is 0 Å². The number of esters is 2. The van der Waals surface area contributed by atoms with E-state index in [1.165, 1.54) is 18.4 Å². The highest BCUT2D eigenvalue weighted by Crippen LogP contribution is 2.48. The first-order valence-electron chi connectivity index (χ1n) is 12.9. The molecule has 2 aromatic heterocycles. The van der Waals surface area contributed by atoms with E-state index in [-0.39, 0.29) is 53.6 Å². The van der Waals surface area contributed by atoms with Gasteiger partial charge in [-0.25, -0.2) is 9.78 Å². The zero-order chi connectivity index (χ0) is 28.6. The molecule has 0 spiro atoms. The van der Waals surface area contributed by atoms with Crippen LogP contribution in [0.15, 0.2) is 24.3 Å². The van der Waals surface area contributed by atoms with Crippen LogP contribution in [0, 0.1) is 18.8 Å². The third-order valence-electron chi connectivity index (χ3n) is 7.15. The average Bonchev–Trinajstić information content (AvgIpc) is 3.29. The zero-order valence-corrected chi connectivity index (χ0v) is 24.5. The molecule has 1 saturated heterocycles. The lowest BCUT2D eigenvalue weighted by Gasteiger charge is -2.19. The van der Waals surface area contributed by atoms with Gasteiger partial charge in [-0.05, 0) is 31.5 Å². The highest BCUT2D eigenvalue weighted by atomic mass is 35.5. The largest absolute Gasteiger partial charge is 0.468 e. The van der Waals surface area contributed by atoms with Crippen molar-refractivity contribution in [3.05, 3.63) is 61.8 Å². The number of amides is 1. The van der Waals surface area contributed by atoms with Gasteiger partial charge in [0.2, 0.25) is 0 Å². The Kier molecular flexibility index (Phi) is 8.25. The maximum Gasteiger partial charge on any atom is 0.350 e. The Balaban J connectivity index is 1.26. The number of nitrogens with one attached hydrogen (secondary N) is 3. The summed E-state index contributed by atoms with van der Waals surface area (Å²) in [5.74, 6) is -0.462. The van der Waals surface area contributed by atoms with Crippen LogP contribution in [0.3, 0.4) is 0 Å². The van der Waals surface area contributed by atoms with Crippen molar-refractivity contribution in [3.63, 3.8) is 0 Å². The van der Waals surface area contributed by atoms with Crippen LogP contribution >= 0.6 is 34.5 Å². The number of halogens is 2. The number of aromatic amines is 1. The van der Waals surface area contributed by atoms with Crippen molar-refractivity contribution in [2.24, 2.45) is 11.8 Å². The number of fused-ring (bicyclic) bond motifs is 1. The van der Waals surface area contributed by atoms with Crippen molar-refractivity contribution >= 4 is 63.2 Å². The average molecular weight is 607 g/mol. The molecule has 5 rings (SSSR count). The smallest absolute Gasteiger partial charge is 0.350 e. The molecule has 10 nitrogen and oxygen atoms in total. The van der Waals surface area contributed by atoms with Gasteiger partial charge in [-0.15, -0.1) is 0 Å². The summed E-state index contributed by atoms with van der Waals surface area (Å²) in [4.78, 5) is 47.4. The number of piperidine rings is 1. The molecule has 1 aliphatic carbocycles. The van der Waals surface area contributed by atoms with E-state index < -0.39 is 5.97 Å². The number of ether oxygens (including phenoxy) is 2. The molecular weight excluding hydrogens is 577 g/mol. The molecule has 1 aromatic carbocycles. The number of anilines is 2. The zero-order valence-electron chi connectivity index (χ0n) is 22.2. The number of hydrogen-bond acceptors (Lipinski definition) is 9. The first-order chi connectivity index (χ1) is 19.2. The first-order valence-corrected chi connectivity index (χ1v) is 14.4. The van der Waals surface area contributed by atoms with Gasteiger partial charge in [-0.1, -0.05) is 46.7 Å². The number of thiazole rings is 1. The van der Waals surface area contributed by atoms with Crippen LogP contribution in [0.2, 0.25) is 10.0 Å². The lowest BCUT2D eigenvalue weighted by atomic mass is 10.1. The standard InChI is InChI=1S/C27H29Cl2N5O5S/c1-4-39-26(37)24-18(9-14-6-5-7-15(8-14)30-10-19(35)38-3)32-27(40-24)34-11-16-17(12-34)22(16)33-25(36)23-21(29)20(28)13(2)31-23/h5-8,16-17,22,30-31H,4,9-12H2,1-3H3,(H,33,36)/t16-,17+,22+. The predicted octanol–water partition coefficient (Wildman–Crippen LogP) is 4.30. The van der Waals surface area contributed by atoms with Gasteiger partial charge in [0.05, 0.1) is 29.5 Å². The Morgan fingerprint density at radius 2 is 1.95 bits per heavy atom. The molecule has 0 unspecified atom stereocenters. The Hall–Kier alpha value is -3.28. The van der Waals surface area contributed by atoms with E-state index in [4.69, 9.17) is 32.9 Å². The van der Waals surface area contributed by atoms with E-state index in [0.29, 0.717) is 27.7 Å². The highest BCUT2D eigenvalue weighted by molar-refractivity contribution is 7.17. The van der Waals surface area contributed by atoms with E-state index in [0.717, 1.165) is 29.5 Å². The van der Waals surface area contributed by atoms with Gasteiger partial charge in [0.15, 0.2) is 5.13 Å². The van der Waals surface area contributed by atoms with Crippen molar-refractivity contribution in [1.82, 2.24) is 15.3 Å². The van der Waals surface area contributed by atoms with Gasteiger partial charge < -0.3 is 30.0 Å². The molecule has 0 radical (unpaired) electrons. The molecule has 2 fully saturated rings. The quantitative estimate of drug-likeness (QED) is 0.292. The molecule has 40 heavy (non-hydrogen) atoms. The van der Waals surface area contributed by atoms with E-state index in [1.807, 2.05) is 24.3 Å². The van der Waals surface area contributed by atoms with Crippen LogP contribution < -0.4 is 15.5 Å². The molecule has 3 aromatic rings. The topological polar surface area (TPSA) is 126 Å². The van der Waals surface area contributed by atoms with Crippen molar-refractivity contribution in [2.75, 3.05) is 43.6 Å². The minimum absolute atomic E-state index is 0.0476. The van der Waals surface area contributed by atoms with Crippen molar-refractivity contribution < 1.29 is 23.9 Å². The van der Waals surface area contributed by atoms with Gasteiger partial charge in [0.1, 0.15) is 17.1 Å². The third-order valence-corrected chi connectivity index (χ3v) is 9.24. The molecule has 1 aliphatic heterocycles. The Morgan fingerprint density at radius 1 is 1.20 bits per heavy atom. The van der Waals surface area contributed by atoms with Crippen LogP contribution in [-0.2, 0) is 20.7 Å². The Bertz CT molecular complexity index is 1440. The molecule has 2 aliphatic rings. The monoisotopic (exact) mass is 605 g/mol. The van der Waals surface area contributed by atoms with Crippen LogP contribution in [0.1, 0.15) is 44.0 Å². The fraction of sp³-hybridized carbons (Fsp3) is 0.407. The minimum atomic E-state index is -0.396. The number of aryl methyl sites for hydroxylation is 1. The molecule has 13 heteroatoms. The SMILES string of the molecule is CCOC(=O)c1sc(N2C[C@@H]3[C@H](C2)[C@H]3NC(=O)c2[nH]c(C)c(Cl)c2Cl)nc1Cc1cccc(NCC(=O)OC)c1. The Labute approximate surface area is 245 Å². The first kappa shape index (κ1) is 28.3. The lowest BCUT2D eigenvalue weighted by molar-refractivity contribution is -0.138. The summed E-state index contributed by atoms with van der Waals surface area (Å²) in [6, 6.07) is 7.65. The number of hydrogen-bond donors (Lipinski definition) is 3. The summed E-state index contributed by atoms with van der Waals surface area (Å²) in [7, 11) is 1.34. The summed E-state index contributed by atoms with van der Waals surface area (Å²) in [5, 5.41) is 7.45. The maximum atomic E-state index is 12.8. The van der Waals surface area contributed by atoms with E-state index in [9.17, 15) is 14.4 Å². The minimum Gasteiger partial charge on any atom is -0.468 e. The predicted molar refractivity (Wildman–Crippen MR) is 154 cm³/mol. The molecule has 1 amide bonds. The second kappa shape index (κ2) is 11.7. The summed E-state index contributed by atoms with van der Waals surface area (Å²) in [6.45, 7) is 5.29. The van der Waals surface area contributed by atoms with Crippen molar-refractivity contribution in [1.29, 1.82) is 0 Å². The number of nitrogens with zero attached hydrogens (tertiary/aromatic N) is 2. The molecule has 3 N–H and O–H groups in total. The van der Waals surface area contributed by atoms with E-state index in [1.54, 1.807) is 13.8 Å². The maximum absolute atomic E-state index is 12.8. The number of carbonyl (C=O) groups excluding carboxylic acids is 3. The second-order valence-electron chi connectivity index (χ2n) is 9.78. The van der Waals surface area contributed by atoms with Crippen LogP contribution in [-0.4, -0.2) is 67.2 Å². The molecule has 1 saturated carbocycles. The van der Waals surface area contributed by atoms with E-state index >= 15 is 0 Å². The molecule has 3 atom stereocenters. The number of rotatable bonds is 10. The second-order valence-corrected chi connectivity index (χ2v) is 11.5. The normalized spacial score (nSPS) is 19.2. The Morgan fingerprint density at radius 3 is 2.60 bits per heavy atom. The fourth-order valence-corrected chi connectivity index (χ4v) is 6.44. The third kappa shape index (κ3) is 5.77. The molecule has 3 heterocycles. The molecule has 0 bridgehead atoms. The molecular formula is C27H29Cl2N5O5S. The summed E-state index contributed by atoms with van der Waals surface area (Å²) >= 11 is 13.6. The van der Waals surface area contributed by atoms with Crippen LogP contribution in [0.25, 0.3) is 0 Å². The number of H-pyrrole nitrogens is 1. The van der Waals surface area contributed by atoms with Gasteiger partial charge in [-0.3, -0.25) is 9.59 Å². The highest BCUT2D eigenvalue weighted by Gasteiger charge is 2.57. The number of aromatic nitrogens is 2. The van der Waals surface area contributed by atoms with E-state index in [2.05, 4.69) is 25.3 Å². The van der Waals surface area contributed by atoms with Crippen LogP contribution in [0.5, 0.6) is 0 Å². The summed E-state index contributed by atoms with van der Waals surface area (Å²) < 4.78 is 10.00. The van der Waals surface area contributed by atoms with Gasteiger partial charge >= 0.3 is 11.9 Å². The number of benzene rings is 1. The summed E-state index contributed by atoms with van der Waals surface area (Å²) in [6.07, 6.45) is 0.427. The van der Waals surface area contributed by atoms with Gasteiger partial charge in [0.25, 0.3) is 5.91 Å².